The number of hydrogen-bond donors (Lipinski definition) is 2. The van der Waals surface area contributed by atoms with Gasteiger partial charge in [0, 0.05) is 6.54 Å². The number of carboxylic acid groups (broad SMARTS) is 1. The molecule has 2 heterocycles. The van der Waals surface area contributed by atoms with E-state index in [0.717, 1.165) is 24.3 Å². The number of nitrogens with zero attached hydrogens (tertiary/aromatic N) is 3. The molecule has 2 unspecified atom stereocenters. The predicted molar refractivity (Wildman–Crippen MR) is 74.8 cm³/mol. The molecule has 1 aliphatic heterocycles. The Labute approximate surface area is 121 Å². The molecule has 1 fully saturated rings. The van der Waals surface area contributed by atoms with Crippen molar-refractivity contribution >= 4 is 28.5 Å². The molecule has 20 heavy (non-hydrogen) atoms. The minimum Gasteiger partial charge on any atom is -0.480 e. The molecule has 1 aromatic heterocycles. The Morgan fingerprint density at radius 2 is 2.25 bits per heavy atom. The molecular formula is C12H18N4O3S. The van der Waals surface area contributed by atoms with Crippen LogP contribution in [0.2, 0.25) is 0 Å². The molecule has 0 radical (unpaired) electrons. The van der Waals surface area contributed by atoms with Crippen molar-refractivity contribution in [3.8, 4) is 0 Å². The van der Waals surface area contributed by atoms with Crippen molar-refractivity contribution in [2.45, 2.75) is 39.2 Å². The molecule has 1 saturated heterocycles. The lowest BCUT2D eigenvalue weighted by Crippen LogP contribution is -2.53. The number of carbonyl (C=O) groups is 2. The molecular weight excluding hydrogens is 280 g/mol. The van der Waals surface area contributed by atoms with Gasteiger partial charge in [0.05, 0.1) is 0 Å². The number of urea groups is 1. The lowest BCUT2D eigenvalue weighted by Gasteiger charge is -2.36. The van der Waals surface area contributed by atoms with E-state index >= 15 is 0 Å². The van der Waals surface area contributed by atoms with E-state index in [2.05, 4.69) is 15.5 Å². The van der Waals surface area contributed by atoms with Crippen LogP contribution in [0.4, 0.5) is 9.93 Å². The number of nitrogens with one attached hydrogen (secondary N) is 1. The smallest absolute Gasteiger partial charge is 0.326 e. The Morgan fingerprint density at radius 3 is 2.85 bits per heavy atom. The summed E-state index contributed by atoms with van der Waals surface area (Å²) in [5.74, 6) is -1.01. The van der Waals surface area contributed by atoms with Crippen molar-refractivity contribution in [1.29, 1.82) is 0 Å². The van der Waals surface area contributed by atoms with E-state index in [9.17, 15) is 14.7 Å². The van der Waals surface area contributed by atoms with E-state index in [4.69, 9.17) is 0 Å². The first kappa shape index (κ1) is 14.7. The summed E-state index contributed by atoms with van der Waals surface area (Å²) in [5.41, 5.74) is 0. The lowest BCUT2D eigenvalue weighted by molar-refractivity contribution is -0.145. The molecule has 0 spiro atoms. The number of aliphatic carboxylic acids is 1. The third-order valence-electron chi connectivity index (χ3n) is 3.43. The second kappa shape index (κ2) is 6.17. The Bertz CT molecular complexity index is 505. The quantitative estimate of drug-likeness (QED) is 0.887. The first-order valence-electron chi connectivity index (χ1n) is 6.65. The fourth-order valence-electron chi connectivity index (χ4n) is 2.40. The molecule has 0 saturated carbocycles. The van der Waals surface area contributed by atoms with Crippen molar-refractivity contribution < 1.29 is 14.7 Å². The van der Waals surface area contributed by atoms with E-state index in [1.165, 1.54) is 16.2 Å². The molecule has 1 aliphatic rings. The average Bonchev–Trinajstić information content (AvgIpc) is 2.85. The number of carbonyl (C=O) groups excluding carboxylic acids is 1. The van der Waals surface area contributed by atoms with Gasteiger partial charge >= 0.3 is 12.0 Å². The molecule has 0 aromatic carbocycles. The van der Waals surface area contributed by atoms with E-state index in [0.29, 0.717) is 11.7 Å². The monoisotopic (exact) mass is 298 g/mol. The van der Waals surface area contributed by atoms with E-state index in [-0.39, 0.29) is 5.92 Å². The SMILES string of the molecule is CCc1nnc(NC(=O)N2CCCC(C)C2C(=O)O)s1. The van der Waals surface area contributed by atoms with Crippen LogP contribution in [0.1, 0.15) is 31.7 Å². The second-order valence-corrected chi connectivity index (χ2v) is 5.94. The number of rotatable bonds is 3. The molecule has 2 amide bonds. The molecule has 2 atom stereocenters. The molecule has 0 bridgehead atoms. The maximum atomic E-state index is 12.2. The lowest BCUT2D eigenvalue weighted by atomic mass is 9.91. The molecule has 7 nitrogen and oxygen atoms in total. The number of likely N-dealkylation sites (tertiary alicyclic amines) is 1. The summed E-state index contributed by atoms with van der Waals surface area (Å²) < 4.78 is 0. The topological polar surface area (TPSA) is 95.4 Å². The maximum absolute atomic E-state index is 12.2. The molecule has 110 valence electrons. The highest BCUT2D eigenvalue weighted by Crippen LogP contribution is 2.25. The predicted octanol–water partition coefficient (Wildman–Crippen LogP) is 1.82. The summed E-state index contributed by atoms with van der Waals surface area (Å²) in [7, 11) is 0. The Kier molecular flexibility index (Phi) is 4.53. The van der Waals surface area contributed by atoms with Gasteiger partial charge in [0.25, 0.3) is 0 Å². The van der Waals surface area contributed by atoms with Gasteiger partial charge in [-0.05, 0) is 25.2 Å². The highest BCUT2D eigenvalue weighted by Gasteiger charge is 2.37. The van der Waals surface area contributed by atoms with Crippen molar-refractivity contribution in [1.82, 2.24) is 15.1 Å². The normalized spacial score (nSPS) is 22.6. The van der Waals surface area contributed by atoms with Crippen LogP contribution in [-0.4, -0.2) is 44.8 Å². The molecule has 8 heteroatoms. The summed E-state index contributed by atoms with van der Waals surface area (Å²) in [6.45, 7) is 4.27. The maximum Gasteiger partial charge on any atom is 0.326 e. The number of amides is 2. The van der Waals surface area contributed by atoms with Gasteiger partial charge in [0.1, 0.15) is 11.0 Å². The van der Waals surface area contributed by atoms with Crippen LogP contribution in [0.25, 0.3) is 0 Å². The van der Waals surface area contributed by atoms with Crippen LogP contribution in [0.3, 0.4) is 0 Å². The summed E-state index contributed by atoms with van der Waals surface area (Å²) >= 11 is 1.31. The van der Waals surface area contributed by atoms with Crippen LogP contribution in [-0.2, 0) is 11.2 Å². The Balaban J connectivity index is 2.08. The van der Waals surface area contributed by atoms with Gasteiger partial charge in [-0.25, -0.2) is 9.59 Å². The first-order chi connectivity index (χ1) is 9.52. The molecule has 2 rings (SSSR count). The van der Waals surface area contributed by atoms with E-state index in [1.54, 1.807) is 0 Å². The van der Waals surface area contributed by atoms with Gasteiger partial charge in [-0.2, -0.15) is 0 Å². The zero-order chi connectivity index (χ0) is 14.7. The second-order valence-electron chi connectivity index (χ2n) is 4.88. The number of aryl methyl sites for hydroxylation is 1. The standard InChI is InChI=1S/C12H18N4O3S/c1-3-8-14-15-11(20-8)13-12(19)16-6-4-5-7(2)9(16)10(17)18/h7,9H,3-6H2,1-2H3,(H,17,18)(H,13,15,19). The molecule has 2 N–H and O–H groups in total. The van der Waals surface area contributed by atoms with Crippen LogP contribution in [0.5, 0.6) is 0 Å². The van der Waals surface area contributed by atoms with Crippen LogP contribution >= 0.6 is 11.3 Å². The van der Waals surface area contributed by atoms with Crippen LogP contribution in [0, 0.1) is 5.92 Å². The number of anilines is 1. The molecule has 0 aliphatic carbocycles. The van der Waals surface area contributed by atoms with Crippen LogP contribution in [0.15, 0.2) is 0 Å². The Morgan fingerprint density at radius 1 is 1.50 bits per heavy atom. The number of piperidine rings is 1. The minimum atomic E-state index is -0.959. The summed E-state index contributed by atoms with van der Waals surface area (Å²) in [6, 6.07) is -1.19. The largest absolute Gasteiger partial charge is 0.480 e. The van der Waals surface area contributed by atoms with Crippen molar-refractivity contribution in [3.05, 3.63) is 5.01 Å². The van der Waals surface area contributed by atoms with Crippen molar-refractivity contribution in [2.24, 2.45) is 5.92 Å². The average molecular weight is 298 g/mol. The first-order valence-corrected chi connectivity index (χ1v) is 7.47. The van der Waals surface area contributed by atoms with Gasteiger partial charge in [0.2, 0.25) is 5.13 Å². The fraction of sp³-hybridized carbons (Fsp3) is 0.667. The zero-order valence-electron chi connectivity index (χ0n) is 11.5. The molecule has 1 aromatic rings. The zero-order valence-corrected chi connectivity index (χ0v) is 12.3. The van der Waals surface area contributed by atoms with Gasteiger partial charge in [0.15, 0.2) is 0 Å². The highest BCUT2D eigenvalue weighted by atomic mass is 32.1. The third-order valence-corrected chi connectivity index (χ3v) is 4.41. The summed E-state index contributed by atoms with van der Waals surface area (Å²) in [4.78, 5) is 24.9. The van der Waals surface area contributed by atoms with Crippen molar-refractivity contribution in [3.63, 3.8) is 0 Å². The fourth-order valence-corrected chi connectivity index (χ4v) is 3.07. The van der Waals surface area contributed by atoms with E-state index < -0.39 is 18.0 Å². The summed E-state index contributed by atoms with van der Waals surface area (Å²) in [6.07, 6.45) is 2.39. The number of hydrogen-bond acceptors (Lipinski definition) is 5. The number of aromatic nitrogens is 2. The van der Waals surface area contributed by atoms with Crippen molar-refractivity contribution in [2.75, 3.05) is 11.9 Å². The van der Waals surface area contributed by atoms with Gasteiger partial charge in [-0.3, -0.25) is 5.32 Å². The van der Waals surface area contributed by atoms with Gasteiger partial charge in [-0.1, -0.05) is 25.2 Å². The van der Waals surface area contributed by atoms with Gasteiger partial charge in [-0.15, -0.1) is 10.2 Å². The van der Waals surface area contributed by atoms with Crippen LogP contribution < -0.4 is 5.32 Å². The Hall–Kier alpha value is -1.70. The van der Waals surface area contributed by atoms with E-state index in [1.807, 2.05) is 13.8 Å². The van der Waals surface area contributed by atoms with Gasteiger partial charge < -0.3 is 10.0 Å². The summed E-state index contributed by atoms with van der Waals surface area (Å²) in [5, 5.41) is 21.0. The number of carboxylic acids is 1. The highest BCUT2D eigenvalue weighted by molar-refractivity contribution is 7.15. The minimum absolute atomic E-state index is 0.0485. The third kappa shape index (κ3) is 3.06.